The van der Waals surface area contributed by atoms with Crippen molar-refractivity contribution >= 4 is 17.6 Å². The number of carbonyl (C=O) groups excluding carboxylic acids is 2. The highest BCUT2D eigenvalue weighted by atomic mass is 16.2. The van der Waals surface area contributed by atoms with Crippen molar-refractivity contribution in [3.8, 4) is 0 Å². The van der Waals surface area contributed by atoms with E-state index in [0.717, 1.165) is 40.8 Å². The van der Waals surface area contributed by atoms with Crippen molar-refractivity contribution in [3.05, 3.63) is 64.7 Å². The highest BCUT2D eigenvalue weighted by Gasteiger charge is 2.29. The molecule has 1 aliphatic carbocycles. The number of nitrogens with one attached hydrogen (secondary N) is 3. The van der Waals surface area contributed by atoms with Crippen molar-refractivity contribution in [2.24, 2.45) is 5.92 Å². The molecule has 0 aromatic heterocycles. The summed E-state index contributed by atoms with van der Waals surface area (Å²) >= 11 is 0. The van der Waals surface area contributed by atoms with Crippen LogP contribution in [0.1, 0.15) is 47.6 Å². The van der Waals surface area contributed by atoms with Gasteiger partial charge in [-0.2, -0.15) is 0 Å². The fraction of sp³-hybridized carbons (Fsp3) is 0.391. The number of urea groups is 1. The molecule has 148 valence electrons. The molecule has 1 aliphatic rings. The summed E-state index contributed by atoms with van der Waals surface area (Å²) in [5.41, 5.74) is 5.12. The van der Waals surface area contributed by atoms with E-state index in [-0.39, 0.29) is 24.5 Å². The Bertz CT molecular complexity index is 821. The second-order valence-corrected chi connectivity index (χ2v) is 7.73. The number of benzene rings is 2. The molecule has 3 N–H and O–H groups in total. The van der Waals surface area contributed by atoms with Crippen LogP contribution in [0.2, 0.25) is 0 Å². The summed E-state index contributed by atoms with van der Waals surface area (Å²) in [5.74, 6) is 0.227. The van der Waals surface area contributed by atoms with Crippen LogP contribution in [0, 0.1) is 26.7 Å². The zero-order valence-corrected chi connectivity index (χ0v) is 16.8. The SMILES string of the molecule is Cc1cc(C)c(NC(=O)CNC(=O)NC(c2ccccc2)C2CCC2)c(C)c1. The van der Waals surface area contributed by atoms with E-state index in [1.807, 2.05) is 63.2 Å². The third kappa shape index (κ3) is 4.91. The predicted molar refractivity (Wildman–Crippen MR) is 112 cm³/mol. The second kappa shape index (κ2) is 8.91. The van der Waals surface area contributed by atoms with Gasteiger partial charge in [-0.05, 0) is 56.2 Å². The topological polar surface area (TPSA) is 70.2 Å². The smallest absolute Gasteiger partial charge is 0.315 e. The van der Waals surface area contributed by atoms with Crippen LogP contribution in [0.3, 0.4) is 0 Å². The maximum atomic E-state index is 12.4. The van der Waals surface area contributed by atoms with Crippen LogP contribution in [0.15, 0.2) is 42.5 Å². The third-order valence-electron chi connectivity index (χ3n) is 5.42. The molecule has 0 spiro atoms. The molecule has 1 atom stereocenters. The van der Waals surface area contributed by atoms with Crippen molar-refractivity contribution in [3.63, 3.8) is 0 Å². The molecule has 1 saturated carbocycles. The first-order valence-corrected chi connectivity index (χ1v) is 9.91. The number of rotatable bonds is 6. The normalized spacial score (nSPS) is 14.7. The van der Waals surface area contributed by atoms with E-state index in [9.17, 15) is 9.59 Å². The van der Waals surface area contributed by atoms with Crippen molar-refractivity contribution in [1.82, 2.24) is 10.6 Å². The van der Waals surface area contributed by atoms with Crippen molar-refractivity contribution in [2.45, 2.75) is 46.1 Å². The fourth-order valence-electron chi connectivity index (χ4n) is 3.82. The molecule has 1 fully saturated rings. The van der Waals surface area contributed by atoms with E-state index in [4.69, 9.17) is 0 Å². The number of hydrogen-bond donors (Lipinski definition) is 3. The van der Waals surface area contributed by atoms with Crippen LogP contribution in [-0.2, 0) is 4.79 Å². The lowest BCUT2D eigenvalue weighted by molar-refractivity contribution is -0.115. The van der Waals surface area contributed by atoms with E-state index in [2.05, 4.69) is 16.0 Å². The Morgan fingerprint density at radius 3 is 2.25 bits per heavy atom. The zero-order chi connectivity index (χ0) is 20.1. The Balaban J connectivity index is 1.55. The Kier molecular flexibility index (Phi) is 6.34. The van der Waals surface area contributed by atoms with Crippen LogP contribution in [-0.4, -0.2) is 18.5 Å². The molecule has 5 heteroatoms. The maximum absolute atomic E-state index is 12.4. The van der Waals surface area contributed by atoms with E-state index >= 15 is 0 Å². The minimum absolute atomic E-state index is 0.0143. The van der Waals surface area contributed by atoms with Crippen molar-refractivity contribution in [1.29, 1.82) is 0 Å². The molecule has 2 aromatic carbocycles. The average molecular weight is 380 g/mol. The largest absolute Gasteiger partial charge is 0.331 e. The lowest BCUT2D eigenvalue weighted by atomic mass is 9.77. The summed E-state index contributed by atoms with van der Waals surface area (Å²) in [5, 5.41) is 8.66. The molecule has 3 rings (SSSR count). The zero-order valence-electron chi connectivity index (χ0n) is 16.8. The first kappa shape index (κ1) is 19.9. The van der Waals surface area contributed by atoms with Crippen molar-refractivity contribution < 1.29 is 9.59 Å². The number of hydrogen-bond acceptors (Lipinski definition) is 2. The van der Waals surface area contributed by atoms with Gasteiger partial charge in [0.2, 0.25) is 5.91 Å². The average Bonchev–Trinajstić information content (AvgIpc) is 2.61. The van der Waals surface area contributed by atoms with Gasteiger partial charge in [0.15, 0.2) is 0 Å². The first-order valence-electron chi connectivity index (χ1n) is 9.91. The molecular formula is C23H29N3O2. The van der Waals surface area contributed by atoms with Crippen LogP contribution in [0.5, 0.6) is 0 Å². The summed E-state index contributed by atoms with van der Waals surface area (Å²) in [6.45, 7) is 5.91. The Morgan fingerprint density at radius 1 is 1.04 bits per heavy atom. The summed E-state index contributed by atoms with van der Waals surface area (Å²) in [6, 6.07) is 13.8. The number of aryl methyl sites for hydroxylation is 3. The lowest BCUT2D eigenvalue weighted by Gasteiger charge is -2.34. The summed E-state index contributed by atoms with van der Waals surface area (Å²) < 4.78 is 0. The van der Waals surface area contributed by atoms with Gasteiger partial charge in [0.1, 0.15) is 0 Å². The number of anilines is 1. The quantitative estimate of drug-likeness (QED) is 0.697. The molecule has 2 aromatic rings. The monoisotopic (exact) mass is 379 g/mol. The highest BCUT2D eigenvalue weighted by Crippen LogP contribution is 2.37. The molecule has 0 saturated heterocycles. The van der Waals surface area contributed by atoms with Crippen LogP contribution in [0.4, 0.5) is 10.5 Å². The molecule has 0 radical (unpaired) electrons. The van der Waals surface area contributed by atoms with Gasteiger partial charge in [0.05, 0.1) is 12.6 Å². The fourth-order valence-corrected chi connectivity index (χ4v) is 3.82. The van der Waals surface area contributed by atoms with Gasteiger partial charge >= 0.3 is 6.03 Å². The maximum Gasteiger partial charge on any atom is 0.315 e. The number of carbonyl (C=O) groups is 2. The molecule has 28 heavy (non-hydrogen) atoms. The van der Waals surface area contributed by atoms with E-state index in [0.29, 0.717) is 5.92 Å². The Morgan fingerprint density at radius 2 is 1.68 bits per heavy atom. The Labute approximate surface area is 166 Å². The minimum Gasteiger partial charge on any atom is -0.331 e. The lowest BCUT2D eigenvalue weighted by Crippen LogP contribution is -2.44. The molecular weight excluding hydrogens is 350 g/mol. The van der Waals surface area contributed by atoms with Crippen LogP contribution >= 0.6 is 0 Å². The van der Waals surface area contributed by atoms with Gasteiger partial charge in [-0.1, -0.05) is 54.4 Å². The van der Waals surface area contributed by atoms with Gasteiger partial charge in [0, 0.05) is 5.69 Å². The van der Waals surface area contributed by atoms with E-state index < -0.39 is 0 Å². The van der Waals surface area contributed by atoms with Gasteiger partial charge in [-0.25, -0.2) is 4.79 Å². The van der Waals surface area contributed by atoms with Crippen LogP contribution < -0.4 is 16.0 Å². The van der Waals surface area contributed by atoms with E-state index in [1.165, 1.54) is 6.42 Å². The predicted octanol–water partition coefficient (Wildman–Crippen LogP) is 4.39. The summed E-state index contributed by atoms with van der Waals surface area (Å²) in [7, 11) is 0. The molecule has 0 bridgehead atoms. The van der Waals surface area contributed by atoms with Crippen molar-refractivity contribution in [2.75, 3.05) is 11.9 Å². The standard InChI is InChI=1S/C23H29N3O2/c1-15-12-16(2)21(17(3)13-15)25-20(27)14-24-23(28)26-22(19-10-7-11-19)18-8-5-4-6-9-18/h4-6,8-9,12-13,19,22H,7,10-11,14H2,1-3H3,(H,25,27)(H2,24,26,28). The second-order valence-electron chi connectivity index (χ2n) is 7.73. The highest BCUT2D eigenvalue weighted by molar-refractivity contribution is 5.95. The molecule has 0 heterocycles. The van der Waals surface area contributed by atoms with E-state index in [1.54, 1.807) is 0 Å². The van der Waals surface area contributed by atoms with Gasteiger partial charge in [0.25, 0.3) is 0 Å². The van der Waals surface area contributed by atoms with Gasteiger partial charge in [-0.3, -0.25) is 4.79 Å². The first-order chi connectivity index (χ1) is 13.4. The minimum atomic E-state index is -0.312. The molecule has 3 amide bonds. The van der Waals surface area contributed by atoms with Crippen LogP contribution in [0.25, 0.3) is 0 Å². The molecule has 5 nitrogen and oxygen atoms in total. The summed E-state index contributed by atoms with van der Waals surface area (Å²) in [4.78, 5) is 24.7. The van der Waals surface area contributed by atoms with Gasteiger partial charge < -0.3 is 16.0 Å². The van der Waals surface area contributed by atoms with Gasteiger partial charge in [-0.15, -0.1) is 0 Å². The number of amides is 3. The summed E-state index contributed by atoms with van der Waals surface area (Å²) in [6.07, 6.45) is 3.44. The molecule has 0 aliphatic heterocycles. The third-order valence-corrected chi connectivity index (χ3v) is 5.42. The molecule has 1 unspecified atom stereocenters. The Hall–Kier alpha value is -2.82.